The first kappa shape index (κ1) is 23.2. The van der Waals surface area contributed by atoms with Crippen LogP contribution >= 0.6 is 15.9 Å². The number of benzene rings is 3. The van der Waals surface area contributed by atoms with Crippen LogP contribution in [-0.2, 0) is 16.9 Å². The third kappa shape index (κ3) is 4.45. The summed E-state index contributed by atoms with van der Waals surface area (Å²) in [5.74, 6) is -0.136. The number of aryl methyl sites for hydroxylation is 2. The van der Waals surface area contributed by atoms with Crippen molar-refractivity contribution in [3.8, 4) is 5.75 Å². The van der Waals surface area contributed by atoms with Crippen molar-refractivity contribution in [3.63, 3.8) is 0 Å². The van der Waals surface area contributed by atoms with Gasteiger partial charge in [-0.3, -0.25) is 9.59 Å². The topological polar surface area (TPSA) is 66.8 Å². The summed E-state index contributed by atoms with van der Waals surface area (Å²) in [6, 6.07) is 18.2. The fourth-order valence-corrected chi connectivity index (χ4v) is 4.59. The SMILES string of the molecule is CCOc1ccc(C(=O)CC2(O)C(=O)N(Cc3cc(C)ccc3C)c3ccc(Br)cc32)cc1. The van der Waals surface area contributed by atoms with Crippen LogP contribution in [0.4, 0.5) is 5.69 Å². The Bertz CT molecular complexity index is 1220. The molecule has 170 valence electrons. The van der Waals surface area contributed by atoms with Gasteiger partial charge in [0.05, 0.1) is 25.3 Å². The summed E-state index contributed by atoms with van der Waals surface area (Å²) in [5.41, 5.74) is 2.69. The van der Waals surface area contributed by atoms with E-state index >= 15 is 0 Å². The van der Waals surface area contributed by atoms with Gasteiger partial charge in [-0.1, -0.05) is 39.7 Å². The average molecular weight is 508 g/mol. The lowest BCUT2D eigenvalue weighted by Crippen LogP contribution is -2.41. The minimum absolute atomic E-state index is 0.312. The lowest BCUT2D eigenvalue weighted by Gasteiger charge is -2.23. The van der Waals surface area contributed by atoms with Crippen molar-refractivity contribution in [1.82, 2.24) is 0 Å². The molecular formula is C27H26BrNO4. The molecule has 1 aliphatic heterocycles. The van der Waals surface area contributed by atoms with E-state index in [-0.39, 0.29) is 12.2 Å². The number of aliphatic hydroxyl groups is 1. The van der Waals surface area contributed by atoms with Gasteiger partial charge in [-0.05, 0) is 74.4 Å². The maximum Gasteiger partial charge on any atom is 0.264 e. The average Bonchev–Trinajstić information content (AvgIpc) is 2.98. The summed E-state index contributed by atoms with van der Waals surface area (Å²) in [4.78, 5) is 28.3. The Hall–Kier alpha value is -2.96. The minimum Gasteiger partial charge on any atom is -0.494 e. The molecule has 1 N–H and O–H groups in total. The van der Waals surface area contributed by atoms with Gasteiger partial charge in [-0.2, -0.15) is 0 Å². The van der Waals surface area contributed by atoms with E-state index in [2.05, 4.69) is 15.9 Å². The number of amides is 1. The highest BCUT2D eigenvalue weighted by molar-refractivity contribution is 9.10. The zero-order valence-corrected chi connectivity index (χ0v) is 20.5. The Morgan fingerprint density at radius 3 is 2.48 bits per heavy atom. The van der Waals surface area contributed by atoms with Crippen molar-refractivity contribution in [1.29, 1.82) is 0 Å². The monoisotopic (exact) mass is 507 g/mol. The number of ketones is 1. The molecule has 4 rings (SSSR count). The molecule has 0 saturated carbocycles. The second kappa shape index (κ2) is 9.12. The van der Waals surface area contributed by atoms with Crippen LogP contribution in [0.3, 0.4) is 0 Å². The molecule has 0 spiro atoms. The van der Waals surface area contributed by atoms with Crippen molar-refractivity contribution < 1.29 is 19.4 Å². The molecule has 5 nitrogen and oxygen atoms in total. The second-order valence-corrected chi connectivity index (χ2v) is 9.32. The van der Waals surface area contributed by atoms with Gasteiger partial charge in [-0.15, -0.1) is 0 Å². The van der Waals surface area contributed by atoms with E-state index < -0.39 is 11.5 Å². The Kier molecular flexibility index (Phi) is 6.41. The van der Waals surface area contributed by atoms with Crippen molar-refractivity contribution in [2.75, 3.05) is 11.5 Å². The summed E-state index contributed by atoms with van der Waals surface area (Å²) in [7, 11) is 0. The second-order valence-electron chi connectivity index (χ2n) is 8.40. The van der Waals surface area contributed by atoms with Gasteiger partial charge in [0.25, 0.3) is 5.91 Å². The van der Waals surface area contributed by atoms with E-state index in [1.54, 1.807) is 35.2 Å². The highest BCUT2D eigenvalue weighted by atomic mass is 79.9. The Balaban J connectivity index is 1.67. The lowest BCUT2D eigenvalue weighted by molar-refractivity contribution is -0.136. The van der Waals surface area contributed by atoms with Crippen LogP contribution in [0.5, 0.6) is 5.75 Å². The number of rotatable bonds is 7. The van der Waals surface area contributed by atoms with Gasteiger partial charge in [0.2, 0.25) is 0 Å². The summed E-state index contributed by atoms with van der Waals surface area (Å²) in [5, 5.41) is 11.6. The number of halogens is 1. The van der Waals surface area contributed by atoms with E-state index in [4.69, 9.17) is 4.74 Å². The van der Waals surface area contributed by atoms with E-state index in [0.717, 1.165) is 21.2 Å². The summed E-state index contributed by atoms with van der Waals surface area (Å²) in [6.45, 7) is 6.74. The molecule has 0 radical (unpaired) electrons. The molecule has 1 amide bonds. The van der Waals surface area contributed by atoms with Crippen molar-refractivity contribution in [2.24, 2.45) is 0 Å². The van der Waals surface area contributed by atoms with Crippen molar-refractivity contribution >= 4 is 33.3 Å². The number of hydrogen-bond donors (Lipinski definition) is 1. The van der Waals surface area contributed by atoms with Crippen molar-refractivity contribution in [3.05, 3.63) is 93.0 Å². The van der Waals surface area contributed by atoms with Crippen LogP contribution in [0.2, 0.25) is 0 Å². The van der Waals surface area contributed by atoms with Gasteiger partial charge in [0, 0.05) is 15.6 Å². The quantitative estimate of drug-likeness (QED) is 0.430. The molecule has 0 fully saturated rings. The van der Waals surface area contributed by atoms with Gasteiger partial charge in [-0.25, -0.2) is 0 Å². The highest BCUT2D eigenvalue weighted by Crippen LogP contribution is 2.45. The maximum absolute atomic E-state index is 13.6. The van der Waals surface area contributed by atoms with Crippen LogP contribution in [0.1, 0.15) is 46.0 Å². The third-order valence-corrected chi connectivity index (χ3v) is 6.52. The molecule has 1 aliphatic rings. The van der Waals surface area contributed by atoms with Crippen LogP contribution < -0.4 is 9.64 Å². The fraction of sp³-hybridized carbons (Fsp3) is 0.259. The smallest absolute Gasteiger partial charge is 0.264 e. The maximum atomic E-state index is 13.6. The molecule has 0 bridgehead atoms. The molecule has 6 heteroatoms. The third-order valence-electron chi connectivity index (χ3n) is 6.03. The van der Waals surface area contributed by atoms with Crippen molar-refractivity contribution in [2.45, 2.75) is 39.3 Å². The lowest BCUT2D eigenvalue weighted by atomic mass is 9.88. The number of nitrogens with zero attached hydrogens (tertiary/aromatic N) is 1. The zero-order chi connectivity index (χ0) is 23.8. The van der Waals surface area contributed by atoms with Crippen LogP contribution in [-0.4, -0.2) is 23.4 Å². The van der Waals surface area contributed by atoms with Gasteiger partial charge in [0.15, 0.2) is 11.4 Å². The molecule has 0 aromatic heterocycles. The van der Waals surface area contributed by atoms with Crippen LogP contribution in [0.25, 0.3) is 0 Å². The number of ether oxygens (including phenoxy) is 1. The van der Waals surface area contributed by atoms with E-state index in [9.17, 15) is 14.7 Å². The Morgan fingerprint density at radius 1 is 1.06 bits per heavy atom. The van der Waals surface area contributed by atoms with E-state index in [0.29, 0.717) is 35.7 Å². The molecule has 1 unspecified atom stereocenters. The van der Waals surface area contributed by atoms with Crippen LogP contribution in [0, 0.1) is 13.8 Å². The predicted molar refractivity (Wildman–Crippen MR) is 132 cm³/mol. The molecule has 1 heterocycles. The predicted octanol–water partition coefficient (Wildman–Crippen LogP) is 5.47. The summed E-state index contributed by atoms with van der Waals surface area (Å²) < 4.78 is 6.16. The van der Waals surface area contributed by atoms with Crippen LogP contribution in [0.15, 0.2) is 65.1 Å². The fourth-order valence-electron chi connectivity index (χ4n) is 4.23. The zero-order valence-electron chi connectivity index (χ0n) is 18.9. The normalized spacial score (nSPS) is 17.2. The van der Waals surface area contributed by atoms with Gasteiger partial charge in [0.1, 0.15) is 5.75 Å². The molecule has 3 aromatic rings. The number of hydrogen-bond acceptors (Lipinski definition) is 4. The first-order valence-corrected chi connectivity index (χ1v) is 11.7. The number of anilines is 1. The first-order chi connectivity index (χ1) is 15.7. The van der Waals surface area contributed by atoms with E-state index in [1.165, 1.54) is 0 Å². The Labute approximate surface area is 202 Å². The standard InChI is InChI=1S/C27H26BrNO4/c1-4-33-22-10-7-19(8-11-22)25(30)15-27(32)23-14-21(28)9-12-24(23)29(26(27)31)16-20-13-17(2)5-6-18(20)3/h5-14,32H,4,15-16H2,1-3H3. The van der Waals surface area contributed by atoms with E-state index in [1.807, 2.05) is 51.1 Å². The number of carbonyl (C=O) groups is 2. The molecule has 33 heavy (non-hydrogen) atoms. The number of carbonyl (C=O) groups excluding carboxylic acids is 2. The molecule has 3 aromatic carbocycles. The minimum atomic E-state index is -1.94. The first-order valence-electron chi connectivity index (χ1n) is 10.9. The number of fused-ring (bicyclic) bond motifs is 1. The molecule has 1 atom stereocenters. The molecule has 0 aliphatic carbocycles. The highest BCUT2D eigenvalue weighted by Gasteiger charge is 2.51. The largest absolute Gasteiger partial charge is 0.494 e. The van der Waals surface area contributed by atoms with Gasteiger partial charge >= 0.3 is 0 Å². The summed E-state index contributed by atoms with van der Waals surface area (Å²) in [6.07, 6.45) is -0.341. The molecular weight excluding hydrogens is 482 g/mol. The van der Waals surface area contributed by atoms with Gasteiger partial charge < -0.3 is 14.7 Å². The Morgan fingerprint density at radius 2 is 1.79 bits per heavy atom. The summed E-state index contributed by atoms with van der Waals surface area (Å²) >= 11 is 3.44. The number of Topliss-reactive ketones (excluding diaryl/α,β-unsaturated/α-hetero) is 1. The molecule has 0 saturated heterocycles.